The third-order valence-electron chi connectivity index (χ3n) is 16.1. The highest BCUT2D eigenvalue weighted by Gasteiger charge is 2.87. The number of hydrogen-bond donors (Lipinski definition) is 3. The molecule has 56 heavy (non-hydrogen) atoms. The van der Waals surface area contributed by atoms with Crippen LogP contribution in [0.5, 0.6) is 0 Å². The van der Waals surface area contributed by atoms with Gasteiger partial charge in [0, 0.05) is 36.8 Å². The number of oxime groups is 1. The van der Waals surface area contributed by atoms with E-state index in [2.05, 4.69) is 50.8 Å². The Morgan fingerprint density at radius 2 is 1.80 bits per heavy atom. The number of amides is 1. The average Bonchev–Trinajstić information content (AvgIpc) is 3.83. The minimum absolute atomic E-state index is 0.0197. The zero-order chi connectivity index (χ0) is 39.7. The van der Waals surface area contributed by atoms with Crippen molar-refractivity contribution in [3.63, 3.8) is 0 Å². The van der Waals surface area contributed by atoms with Crippen molar-refractivity contribution >= 4 is 17.5 Å². The Morgan fingerprint density at radius 1 is 1.04 bits per heavy atom. The summed E-state index contributed by atoms with van der Waals surface area (Å²) in [5.74, 6) is -0.374. The predicted octanol–water partition coefficient (Wildman–Crippen LogP) is 8.65. The molecular weight excluding hydrogens is 716 g/mol. The second-order valence-corrected chi connectivity index (χ2v) is 18.9. The van der Waals surface area contributed by atoms with Crippen LogP contribution in [0, 0.1) is 52.8 Å². The van der Waals surface area contributed by atoms with Crippen molar-refractivity contribution in [1.29, 1.82) is 0 Å². The number of aliphatic hydroxyl groups excluding tert-OH is 1. The molecule has 5 heterocycles. The quantitative estimate of drug-likeness (QED) is 0.0656. The molecule has 1 amide bonds. The molecular formula is C44H64N2O10. The van der Waals surface area contributed by atoms with Crippen molar-refractivity contribution in [1.82, 2.24) is 0 Å². The van der Waals surface area contributed by atoms with Crippen LogP contribution in [0.3, 0.4) is 0 Å². The normalized spacial score (nSPS) is 46.5. The van der Waals surface area contributed by atoms with Crippen LogP contribution in [-0.4, -0.2) is 69.9 Å². The summed E-state index contributed by atoms with van der Waals surface area (Å²) < 4.78 is 20.3. The number of fused-ring (bicyclic) bond motifs is 4. The number of carbonyl (C=O) groups excluding carboxylic acids is 1. The highest BCUT2D eigenvalue weighted by atomic mass is 17.2. The summed E-state index contributed by atoms with van der Waals surface area (Å²) in [6.45, 7) is 17.2. The van der Waals surface area contributed by atoms with Gasteiger partial charge in [-0.3, -0.25) is 10.2 Å². The Balaban J connectivity index is 1.07. The maximum Gasteiger partial charge on any atom is 0.437 e. The number of allylic oxidation sites excluding steroid dienone is 1. The van der Waals surface area contributed by atoms with E-state index >= 15 is 0 Å². The van der Waals surface area contributed by atoms with E-state index in [1.54, 1.807) is 12.1 Å². The first-order valence-corrected chi connectivity index (χ1v) is 21.3. The van der Waals surface area contributed by atoms with Crippen molar-refractivity contribution in [3.8, 4) is 0 Å². The molecule has 3 N–H and O–H groups in total. The Labute approximate surface area is 331 Å². The number of benzene rings is 1. The summed E-state index contributed by atoms with van der Waals surface area (Å²) >= 11 is 0. The largest absolute Gasteiger partial charge is 0.437 e. The number of para-hydroxylation sites is 1. The topological polar surface area (TPSA) is 147 Å². The fourth-order valence-corrected chi connectivity index (χ4v) is 13.1. The lowest BCUT2D eigenvalue weighted by Gasteiger charge is -2.54. The number of aliphatic hydroxyl groups is 1. The van der Waals surface area contributed by atoms with Crippen LogP contribution < -0.4 is 5.32 Å². The molecule has 2 spiro atoms. The highest BCUT2D eigenvalue weighted by Crippen LogP contribution is 2.79. The number of carbonyl (C=O) groups is 1. The molecule has 0 radical (unpaired) electrons. The number of hydrogen-bond acceptors (Lipinski definition) is 11. The van der Waals surface area contributed by atoms with E-state index < -0.39 is 35.0 Å². The van der Waals surface area contributed by atoms with E-state index in [4.69, 9.17) is 33.7 Å². The predicted molar refractivity (Wildman–Crippen MR) is 208 cm³/mol. The SMILES string of the molecule is C=CC1CCC2C(CC)C(CC(CC(O)C(C)C3CCC(C)C4CCC5(C)OCC43OO5)=NOC(=O)Nc3ccccc3)OC3(C)C4OC(C)(OO)CCC1C243. The van der Waals surface area contributed by atoms with Gasteiger partial charge in [-0.1, -0.05) is 56.6 Å². The lowest BCUT2D eigenvalue weighted by atomic mass is 9.55. The maximum atomic E-state index is 13.1. The third-order valence-corrected chi connectivity index (χ3v) is 16.1. The number of nitrogens with zero attached hydrogens (tertiary/aromatic N) is 1. The van der Waals surface area contributed by atoms with Gasteiger partial charge < -0.3 is 19.3 Å². The van der Waals surface area contributed by atoms with Crippen LogP contribution in [-0.2, 0) is 33.7 Å². The zero-order valence-corrected chi connectivity index (χ0v) is 34.1. The molecule has 3 aliphatic carbocycles. The second-order valence-electron chi connectivity index (χ2n) is 18.9. The lowest BCUT2D eigenvalue weighted by Crippen LogP contribution is -2.61. The van der Waals surface area contributed by atoms with Gasteiger partial charge in [0.15, 0.2) is 11.6 Å². The molecule has 5 aliphatic heterocycles. The van der Waals surface area contributed by atoms with Gasteiger partial charge >= 0.3 is 6.09 Å². The molecule has 16 unspecified atom stereocenters. The van der Waals surface area contributed by atoms with E-state index in [0.717, 1.165) is 51.4 Å². The first-order valence-electron chi connectivity index (χ1n) is 21.3. The van der Waals surface area contributed by atoms with Crippen LogP contribution in [0.4, 0.5) is 10.5 Å². The van der Waals surface area contributed by atoms with Gasteiger partial charge in [0.25, 0.3) is 0 Å². The fraction of sp³-hybridized carbons (Fsp3) is 0.773. The van der Waals surface area contributed by atoms with Gasteiger partial charge in [0.1, 0.15) is 11.2 Å². The molecule has 9 rings (SSSR count). The number of rotatable bonds is 11. The minimum atomic E-state index is -1.13. The lowest BCUT2D eigenvalue weighted by molar-refractivity contribution is -0.517. The summed E-state index contributed by atoms with van der Waals surface area (Å²) in [5.41, 5.74) is -0.393. The minimum Gasteiger partial charge on any atom is -0.392 e. The summed E-state index contributed by atoms with van der Waals surface area (Å²) in [5, 5.41) is 29.5. The van der Waals surface area contributed by atoms with Crippen LogP contribution >= 0.6 is 0 Å². The van der Waals surface area contributed by atoms with Gasteiger partial charge in [-0.15, -0.1) is 6.58 Å². The molecule has 16 atom stereocenters. The van der Waals surface area contributed by atoms with Gasteiger partial charge in [0.2, 0.25) is 0 Å². The van der Waals surface area contributed by atoms with Gasteiger partial charge in [0.05, 0.1) is 30.6 Å². The smallest absolute Gasteiger partial charge is 0.392 e. The van der Waals surface area contributed by atoms with E-state index in [0.29, 0.717) is 48.6 Å². The molecule has 3 saturated carbocycles. The van der Waals surface area contributed by atoms with Crippen molar-refractivity contribution in [2.75, 3.05) is 11.9 Å². The molecule has 8 fully saturated rings. The third kappa shape index (κ3) is 6.49. The van der Waals surface area contributed by atoms with Crippen molar-refractivity contribution in [2.24, 2.45) is 57.9 Å². The summed E-state index contributed by atoms with van der Waals surface area (Å²) in [6.07, 6.45) is 8.53. The van der Waals surface area contributed by atoms with E-state index in [1.165, 1.54) is 0 Å². The fourth-order valence-electron chi connectivity index (χ4n) is 13.1. The van der Waals surface area contributed by atoms with E-state index in [1.807, 2.05) is 32.0 Å². The summed E-state index contributed by atoms with van der Waals surface area (Å²) in [4.78, 5) is 36.0. The van der Waals surface area contributed by atoms with Crippen LogP contribution in [0.2, 0.25) is 0 Å². The number of anilines is 1. The van der Waals surface area contributed by atoms with Crippen molar-refractivity contribution in [3.05, 3.63) is 43.0 Å². The molecule has 1 aromatic rings. The van der Waals surface area contributed by atoms with Gasteiger partial charge in [-0.2, -0.15) is 0 Å². The molecule has 12 heteroatoms. The Kier molecular flexibility index (Phi) is 10.8. The standard InChI is InChI=1S/C44H64N2O10/c1-8-28-16-18-35-31(9-2)37(51-42(7)38-44(35,42)34(28)20-22-41(6,52-38)54-49)24-30(46-53-39(48)45-29-13-11-10-12-14-29)23-36(47)27(4)33-17-15-26(3)32-19-21-40(5)50-25-43(32,33)56-55-40/h8,10-14,26-28,31-38,47,49H,1,9,15-25H2,2-7H3,(H,45,48). The molecule has 5 saturated heterocycles. The first-order chi connectivity index (χ1) is 26.8. The van der Waals surface area contributed by atoms with Crippen molar-refractivity contribution < 1.29 is 48.9 Å². The molecule has 8 aliphatic rings. The maximum absolute atomic E-state index is 13.1. The highest BCUT2D eigenvalue weighted by molar-refractivity contribution is 5.88. The second kappa shape index (κ2) is 15.0. The Bertz CT molecular complexity index is 1630. The van der Waals surface area contributed by atoms with Crippen LogP contribution in [0.1, 0.15) is 112 Å². The van der Waals surface area contributed by atoms with Crippen LogP contribution in [0.15, 0.2) is 48.1 Å². The average molecular weight is 781 g/mol. The Hall–Kier alpha value is -2.42. The van der Waals surface area contributed by atoms with Crippen molar-refractivity contribution in [2.45, 2.75) is 153 Å². The Morgan fingerprint density at radius 3 is 2.50 bits per heavy atom. The zero-order valence-electron chi connectivity index (χ0n) is 34.1. The molecule has 12 nitrogen and oxygen atoms in total. The van der Waals surface area contributed by atoms with E-state index in [9.17, 15) is 15.2 Å². The molecule has 2 bridgehead atoms. The molecule has 310 valence electrons. The summed E-state index contributed by atoms with van der Waals surface area (Å²) in [6, 6.07) is 9.11. The van der Waals surface area contributed by atoms with Crippen LogP contribution in [0.25, 0.3) is 0 Å². The summed E-state index contributed by atoms with van der Waals surface area (Å²) in [7, 11) is 0. The molecule has 1 aromatic carbocycles. The monoisotopic (exact) mass is 780 g/mol. The van der Waals surface area contributed by atoms with Gasteiger partial charge in [-0.25, -0.2) is 24.7 Å². The molecule has 0 aromatic heterocycles. The first kappa shape index (κ1) is 40.4. The number of nitrogens with one attached hydrogen (secondary N) is 1. The van der Waals surface area contributed by atoms with Gasteiger partial charge in [-0.05, 0) is 119 Å². The number of ether oxygens (including phenoxy) is 3. The van der Waals surface area contributed by atoms with E-state index in [-0.39, 0.29) is 53.6 Å².